The first-order chi connectivity index (χ1) is 12.5. The van der Waals surface area contributed by atoms with Gasteiger partial charge in [0.15, 0.2) is 21.3 Å². The highest BCUT2D eigenvalue weighted by Gasteiger charge is 2.34. The first-order valence-corrected chi connectivity index (χ1v) is 10.7. The van der Waals surface area contributed by atoms with E-state index in [9.17, 15) is 13.2 Å². The van der Waals surface area contributed by atoms with Crippen LogP contribution in [0.1, 0.15) is 23.7 Å². The molecule has 0 spiro atoms. The molecule has 0 radical (unpaired) electrons. The van der Waals surface area contributed by atoms with E-state index in [4.69, 9.17) is 9.47 Å². The molecule has 1 atom stereocenters. The topological polar surface area (TPSA) is 81.7 Å². The Morgan fingerprint density at radius 1 is 1.23 bits per heavy atom. The summed E-state index contributed by atoms with van der Waals surface area (Å²) >= 11 is 1.17. The van der Waals surface area contributed by atoms with Gasteiger partial charge in [-0.3, -0.25) is 4.79 Å². The maximum absolute atomic E-state index is 13.1. The van der Waals surface area contributed by atoms with Crippen LogP contribution in [0, 0.1) is 5.92 Å². The molecule has 0 aliphatic heterocycles. The molecule has 0 bridgehead atoms. The zero-order valence-electron chi connectivity index (χ0n) is 14.6. The van der Waals surface area contributed by atoms with E-state index in [1.807, 2.05) is 0 Å². The van der Waals surface area contributed by atoms with Gasteiger partial charge in [0.05, 0.1) is 14.2 Å². The first kappa shape index (κ1) is 18.7. The number of carbonyl (C=O) groups is 1. The Balaban J connectivity index is 1.95. The molecule has 1 fully saturated rings. The summed E-state index contributed by atoms with van der Waals surface area (Å²) in [5, 5.41) is 3.62. The van der Waals surface area contributed by atoms with Crippen molar-refractivity contribution in [1.29, 1.82) is 0 Å². The molecule has 1 N–H and O–H groups in total. The summed E-state index contributed by atoms with van der Waals surface area (Å²) in [6.45, 7) is 0.0189. The van der Waals surface area contributed by atoms with E-state index in [1.54, 1.807) is 35.7 Å². The Labute approximate surface area is 157 Å². The van der Waals surface area contributed by atoms with Crippen LogP contribution in [-0.2, 0) is 14.6 Å². The minimum atomic E-state index is -3.65. The highest BCUT2D eigenvalue weighted by atomic mass is 32.2. The average molecular weight is 396 g/mol. The van der Waals surface area contributed by atoms with Crippen LogP contribution in [0.15, 0.2) is 39.9 Å². The van der Waals surface area contributed by atoms with E-state index in [2.05, 4.69) is 5.32 Å². The molecule has 1 amide bonds. The number of methoxy groups -OCH3 is 2. The van der Waals surface area contributed by atoms with Gasteiger partial charge in [-0.2, -0.15) is 0 Å². The molecule has 1 aromatic carbocycles. The van der Waals surface area contributed by atoms with Gasteiger partial charge in [0.2, 0.25) is 5.91 Å². The van der Waals surface area contributed by atoms with Crippen LogP contribution in [0.5, 0.6) is 11.5 Å². The van der Waals surface area contributed by atoms with Crippen molar-refractivity contribution in [2.75, 3.05) is 20.8 Å². The van der Waals surface area contributed by atoms with Crippen molar-refractivity contribution in [2.45, 2.75) is 22.3 Å². The number of thiophene rings is 1. The number of ether oxygens (including phenoxy) is 2. The van der Waals surface area contributed by atoms with Gasteiger partial charge < -0.3 is 14.8 Å². The van der Waals surface area contributed by atoms with E-state index < -0.39 is 15.1 Å². The summed E-state index contributed by atoms with van der Waals surface area (Å²) < 4.78 is 37.1. The maximum Gasteiger partial charge on any atom is 0.223 e. The van der Waals surface area contributed by atoms with Gasteiger partial charge in [-0.15, -0.1) is 11.3 Å². The number of nitrogens with one attached hydrogen (secondary N) is 1. The van der Waals surface area contributed by atoms with Crippen molar-refractivity contribution in [3.05, 3.63) is 41.3 Å². The molecule has 1 saturated carbocycles. The zero-order valence-corrected chi connectivity index (χ0v) is 16.2. The van der Waals surface area contributed by atoms with Crippen LogP contribution >= 0.6 is 11.3 Å². The van der Waals surface area contributed by atoms with Gasteiger partial charge >= 0.3 is 0 Å². The standard InChI is InChI=1S/C18H21NO5S2/c1-23-14-8-7-13(10-15(14)24-2)16(11-19-18(20)12-5-6-12)26(21,22)17-4-3-9-25-17/h3-4,7-10,12,16H,5-6,11H2,1-2H3,(H,19,20)/t16-/m0/s1. The van der Waals surface area contributed by atoms with Crippen LogP contribution in [0.4, 0.5) is 0 Å². The lowest BCUT2D eigenvalue weighted by Crippen LogP contribution is -2.32. The number of hydrogen-bond acceptors (Lipinski definition) is 6. The Morgan fingerprint density at radius 2 is 1.96 bits per heavy atom. The molecule has 1 aliphatic carbocycles. The number of amides is 1. The number of benzene rings is 1. The summed E-state index contributed by atoms with van der Waals surface area (Å²) in [6, 6.07) is 8.30. The Bertz CT molecular complexity index is 873. The fourth-order valence-electron chi connectivity index (χ4n) is 2.71. The van der Waals surface area contributed by atoms with Gasteiger partial charge in [-0.1, -0.05) is 12.1 Å². The Kier molecular flexibility index (Phi) is 5.52. The summed E-state index contributed by atoms with van der Waals surface area (Å²) in [5.74, 6) is 0.901. The van der Waals surface area contributed by atoms with Crippen molar-refractivity contribution in [3.63, 3.8) is 0 Å². The predicted octanol–water partition coefficient (Wildman–Crippen LogP) is 2.81. The lowest BCUT2D eigenvalue weighted by molar-refractivity contribution is -0.122. The third-order valence-electron chi connectivity index (χ3n) is 4.34. The monoisotopic (exact) mass is 395 g/mol. The minimum absolute atomic E-state index is 0.0189. The summed E-state index contributed by atoms with van der Waals surface area (Å²) in [5.41, 5.74) is 0.548. The Hall–Kier alpha value is -2.06. The molecular weight excluding hydrogens is 374 g/mol. The second-order valence-corrected chi connectivity index (χ2v) is 9.40. The smallest absolute Gasteiger partial charge is 0.223 e. The molecule has 140 valence electrons. The van der Waals surface area contributed by atoms with E-state index in [1.165, 1.54) is 25.6 Å². The SMILES string of the molecule is COc1ccc([C@H](CNC(=O)C2CC2)S(=O)(=O)c2cccs2)cc1OC. The fourth-order valence-corrected chi connectivity index (χ4v) is 5.56. The summed E-state index contributed by atoms with van der Waals surface area (Å²) in [6.07, 6.45) is 1.73. The molecule has 1 heterocycles. The van der Waals surface area contributed by atoms with Crippen LogP contribution in [-0.4, -0.2) is 35.1 Å². The van der Waals surface area contributed by atoms with E-state index in [0.29, 0.717) is 17.1 Å². The van der Waals surface area contributed by atoms with Crippen molar-refractivity contribution >= 4 is 27.1 Å². The van der Waals surface area contributed by atoms with Crippen LogP contribution in [0.3, 0.4) is 0 Å². The second-order valence-electron chi connectivity index (χ2n) is 6.10. The molecule has 6 nitrogen and oxygen atoms in total. The van der Waals surface area contributed by atoms with Crippen molar-refractivity contribution < 1.29 is 22.7 Å². The molecular formula is C18H21NO5S2. The summed E-state index contributed by atoms with van der Waals surface area (Å²) in [4.78, 5) is 12.0. The van der Waals surface area contributed by atoms with E-state index >= 15 is 0 Å². The Morgan fingerprint density at radius 3 is 2.54 bits per heavy atom. The maximum atomic E-state index is 13.1. The molecule has 26 heavy (non-hydrogen) atoms. The van der Waals surface area contributed by atoms with Crippen molar-refractivity contribution in [1.82, 2.24) is 5.32 Å². The molecule has 8 heteroatoms. The second kappa shape index (κ2) is 7.67. The van der Waals surface area contributed by atoms with Crippen LogP contribution in [0.2, 0.25) is 0 Å². The highest BCUT2D eigenvalue weighted by Crippen LogP contribution is 2.36. The minimum Gasteiger partial charge on any atom is -0.493 e. The number of rotatable bonds is 8. The molecule has 2 aromatic rings. The number of sulfone groups is 1. The van der Waals surface area contributed by atoms with Gasteiger partial charge in [-0.25, -0.2) is 8.42 Å². The molecule has 3 rings (SSSR count). The molecule has 1 aromatic heterocycles. The molecule has 1 aliphatic rings. The van der Waals surface area contributed by atoms with Crippen LogP contribution in [0.25, 0.3) is 0 Å². The lowest BCUT2D eigenvalue weighted by Gasteiger charge is -2.19. The average Bonchev–Trinajstić information content (AvgIpc) is 3.34. The molecule has 0 saturated heterocycles. The van der Waals surface area contributed by atoms with Gasteiger partial charge in [0.25, 0.3) is 0 Å². The molecule has 0 unspecified atom stereocenters. The third kappa shape index (κ3) is 3.86. The van der Waals surface area contributed by atoms with Gasteiger partial charge in [-0.05, 0) is 42.0 Å². The summed E-state index contributed by atoms with van der Waals surface area (Å²) in [7, 11) is -0.628. The van der Waals surface area contributed by atoms with E-state index in [0.717, 1.165) is 12.8 Å². The highest BCUT2D eigenvalue weighted by molar-refractivity contribution is 7.93. The number of hydrogen-bond donors (Lipinski definition) is 1. The first-order valence-electron chi connectivity index (χ1n) is 8.24. The predicted molar refractivity (Wildman–Crippen MR) is 99.5 cm³/mol. The number of carbonyl (C=O) groups excluding carboxylic acids is 1. The van der Waals surface area contributed by atoms with Crippen LogP contribution < -0.4 is 14.8 Å². The van der Waals surface area contributed by atoms with Crippen molar-refractivity contribution in [3.8, 4) is 11.5 Å². The van der Waals surface area contributed by atoms with E-state index in [-0.39, 0.29) is 22.6 Å². The van der Waals surface area contributed by atoms with Gasteiger partial charge in [0, 0.05) is 12.5 Å². The zero-order chi connectivity index (χ0) is 18.7. The third-order valence-corrected chi connectivity index (χ3v) is 7.87. The largest absolute Gasteiger partial charge is 0.493 e. The normalized spacial score (nSPS) is 15.3. The fraction of sp³-hybridized carbons (Fsp3) is 0.389. The quantitative estimate of drug-likeness (QED) is 0.743. The van der Waals surface area contributed by atoms with Gasteiger partial charge in [0.1, 0.15) is 9.46 Å². The van der Waals surface area contributed by atoms with Crippen molar-refractivity contribution in [2.24, 2.45) is 5.92 Å². The lowest BCUT2D eigenvalue weighted by atomic mass is 10.1.